The predicted molar refractivity (Wildman–Crippen MR) is 485 cm³/mol. The van der Waals surface area contributed by atoms with Crippen LogP contribution in [0.25, 0.3) is 21.8 Å². The molecule has 3 aromatic carbocycles. The summed E-state index contributed by atoms with van der Waals surface area (Å²) < 4.78 is 7.06. The largest absolute Gasteiger partial charge is 0.497 e. The van der Waals surface area contributed by atoms with Crippen molar-refractivity contribution in [2.75, 3.05) is 39.3 Å². The lowest BCUT2D eigenvalue weighted by Crippen LogP contribution is -2.62. The SMILES string of the molecule is CC[C@H](C)[C@H](NC(=O)[C@@H](Cc1ccc(OC)cc1)NC(C)=O)C(=O)N[C@H]1CSSC[C@@H](C(=O)N(C)[C@H](C(N)=O)[C@@H](C)CC)NC(=O)[C@H](CCCCC(=N)N)NC(=O)[C@H](Cc2cnc[nH]2)NC(=O)[C@H](C)NC(=O)CN(C)C(=O)[C@H](Cc2c[nH]c3ccccc23)NC(=O)[C@H](CC(=O)O)NC(=O)[C@H](CCC(N)=O)NC(=O)[C@H](Cc2cn(C)c3ccccc23)NC(=O)[C@H](C(C)C)NC1=O. The fourth-order valence-corrected chi connectivity index (χ4v) is 17.1. The summed E-state index contributed by atoms with van der Waals surface area (Å²) >= 11 is 0. The molecule has 1 fully saturated rings. The maximum atomic E-state index is 15.6. The Bertz CT molecular complexity index is 5030. The number of rotatable bonds is 32. The van der Waals surface area contributed by atoms with Gasteiger partial charge in [0.2, 0.25) is 94.5 Å². The second-order valence-corrected chi connectivity index (χ2v) is 35.4. The van der Waals surface area contributed by atoms with Gasteiger partial charge in [-0.05, 0) is 84.9 Å². The van der Waals surface area contributed by atoms with Gasteiger partial charge in [-0.15, -0.1) is 0 Å². The Hall–Kier alpha value is -13.1. The first kappa shape index (κ1) is 104. The van der Waals surface area contributed by atoms with Gasteiger partial charge in [-0.1, -0.05) is 131 Å². The molecule has 130 heavy (non-hydrogen) atoms. The second kappa shape index (κ2) is 50.0. The van der Waals surface area contributed by atoms with Gasteiger partial charge in [-0.2, -0.15) is 0 Å². The van der Waals surface area contributed by atoms with Crippen LogP contribution in [0.5, 0.6) is 5.75 Å². The number of hydrogen-bond donors (Lipinski definition) is 19. The van der Waals surface area contributed by atoms with Crippen LogP contribution in [-0.4, -0.2) is 259 Å². The summed E-state index contributed by atoms with van der Waals surface area (Å²) in [7, 11) is 7.43. The van der Waals surface area contributed by atoms with Crippen LogP contribution >= 0.6 is 21.6 Å². The molecule has 3 aromatic heterocycles. The number of nitrogens with two attached hydrogens (primary N) is 3. The van der Waals surface area contributed by atoms with E-state index in [0.717, 1.165) is 31.4 Å². The summed E-state index contributed by atoms with van der Waals surface area (Å²) in [5.74, 6) is -20.0. The highest BCUT2D eigenvalue weighted by atomic mass is 33.1. The van der Waals surface area contributed by atoms with Gasteiger partial charge in [0, 0.05) is 124 Å². The summed E-state index contributed by atoms with van der Waals surface area (Å²) in [4.78, 5) is 259. The molecule has 6 aromatic rings. The molecule has 0 bridgehead atoms. The lowest BCUT2D eigenvalue weighted by atomic mass is 9.96. The molecule has 7 rings (SSSR count). The van der Waals surface area contributed by atoms with Crippen molar-refractivity contribution < 1.29 is 91.4 Å². The Morgan fingerprint density at radius 1 is 0.638 bits per heavy atom. The Labute approximate surface area is 760 Å². The number of para-hydroxylation sites is 2. The zero-order valence-corrected chi connectivity index (χ0v) is 76.6. The minimum Gasteiger partial charge on any atom is -0.497 e. The summed E-state index contributed by atoms with van der Waals surface area (Å²) in [6.07, 6.45) is 3.23. The standard InChI is InChI=1S/C87H122N22O19S2/c1-13-46(5)73(106-82(122)60(96-49(8)110)33-50-27-29-54(128-12)30-28-50)85(125)103-65-42-129-130-43-66(87(127)109(11)74(75(91)115)47(6)14-2)104-77(117)58(24-18-20-26-68(88)89)97-80(120)62(36-53-39-92-44-94-53)99-76(116)48(7)95-70(112)41-108(10)86(126)64(34-51-38-93-57-23-17-15-21-55(51)57)102-81(121)63(37-71(113)114)100-78(118)59(31-32-69(90)111)98-79(119)61(101-84(124)72(45(3)4)105-83(65)123)35-52-40-107(9)67-25-19-16-22-56(52)67/h15-17,19,21-23,25,27-30,38-40,44-48,58-66,72-74,93H,13-14,18,20,24,26,31-37,41-43H2,1-12H3,(H3,88,89)(H2,90,111)(H2,91,115)(H,92,94)(H,95,112)(H,96,110)(H,97,120)(H,98,119)(H,99,116)(H,100,118)(H,101,124)(H,102,121)(H,103,125)(H,104,117)(H,105,123)(H,106,122)(H,113,114)/t46-,47-,48-,58-,59-,60+,61-,62-,63-,64-,65-,66-,72-,73-,74-/m0/s1. The number of nitrogens with zero attached hydrogens (tertiary/aromatic N) is 4. The van der Waals surface area contributed by atoms with E-state index >= 15 is 33.6 Å². The van der Waals surface area contributed by atoms with Crippen LogP contribution in [0.2, 0.25) is 0 Å². The number of H-pyrrole nitrogens is 2. The van der Waals surface area contributed by atoms with Crippen molar-refractivity contribution in [1.29, 1.82) is 5.41 Å². The Kier molecular flexibility index (Phi) is 40.0. The molecule has 0 saturated carbocycles. The second-order valence-electron chi connectivity index (χ2n) is 32.8. The summed E-state index contributed by atoms with van der Waals surface area (Å²) in [6.45, 7) is 11.6. The van der Waals surface area contributed by atoms with Gasteiger partial charge >= 0.3 is 5.97 Å². The molecule has 1 aliphatic heterocycles. The van der Waals surface area contributed by atoms with Gasteiger partial charge in [-0.25, -0.2) is 4.98 Å². The third-order valence-corrected chi connectivity index (χ3v) is 24.8. The third-order valence-electron chi connectivity index (χ3n) is 22.4. The number of amidine groups is 1. The number of hydrogen-bond acceptors (Lipinski definition) is 22. The molecule has 15 atom stereocenters. The number of aromatic nitrogens is 4. The van der Waals surface area contributed by atoms with E-state index in [4.69, 9.17) is 27.3 Å². The number of unbranched alkanes of at least 4 members (excludes halogenated alkanes) is 1. The van der Waals surface area contributed by atoms with Crippen molar-refractivity contribution >= 4 is 150 Å². The van der Waals surface area contributed by atoms with Crippen LogP contribution in [0.3, 0.4) is 0 Å². The highest BCUT2D eigenvalue weighted by Gasteiger charge is 2.41. The Morgan fingerprint density at radius 2 is 1.22 bits per heavy atom. The Morgan fingerprint density at radius 3 is 1.84 bits per heavy atom. The van der Waals surface area contributed by atoms with E-state index < -0.39 is 234 Å². The number of carbonyl (C=O) groups excluding carboxylic acids is 16. The quantitative estimate of drug-likeness (QED) is 0.0111. The van der Waals surface area contributed by atoms with E-state index in [2.05, 4.69) is 78.8 Å². The van der Waals surface area contributed by atoms with Crippen LogP contribution in [-0.2, 0) is 114 Å². The normalized spacial score (nSPS) is 21.5. The number of amides is 16. The van der Waals surface area contributed by atoms with Crippen LogP contribution in [0.4, 0.5) is 0 Å². The number of fused-ring (bicyclic) bond motifs is 2. The lowest BCUT2D eigenvalue weighted by molar-refractivity contribution is -0.142. The van der Waals surface area contributed by atoms with Crippen molar-refractivity contribution in [2.45, 2.75) is 217 Å². The maximum Gasteiger partial charge on any atom is 0.305 e. The van der Waals surface area contributed by atoms with Crippen LogP contribution in [0, 0.1) is 23.2 Å². The zero-order valence-electron chi connectivity index (χ0n) is 74.9. The van der Waals surface area contributed by atoms with Gasteiger partial charge in [0.05, 0.1) is 32.2 Å². The molecule has 1 saturated heterocycles. The maximum absolute atomic E-state index is 15.6. The zero-order chi connectivity index (χ0) is 95.9. The Balaban J connectivity index is 1.38. The number of carbonyl (C=O) groups is 17. The first-order valence-electron chi connectivity index (χ1n) is 42.8. The average Bonchev–Trinajstić information content (AvgIpc) is 1.64. The highest BCUT2D eigenvalue weighted by molar-refractivity contribution is 8.76. The number of ether oxygens (including phenoxy) is 1. The lowest BCUT2D eigenvalue weighted by Gasteiger charge is -2.33. The third kappa shape index (κ3) is 30.8. The summed E-state index contributed by atoms with van der Waals surface area (Å²) in [5.41, 5.74) is 20.5. The predicted octanol–water partition coefficient (Wildman–Crippen LogP) is -0.330. The number of primary amides is 2. The summed E-state index contributed by atoms with van der Waals surface area (Å²) in [6, 6.07) is -0.396. The van der Waals surface area contributed by atoms with E-state index in [-0.39, 0.29) is 63.6 Å². The highest BCUT2D eigenvalue weighted by Crippen LogP contribution is 2.28. The molecule has 706 valence electrons. The van der Waals surface area contributed by atoms with E-state index in [1.807, 2.05) is 0 Å². The van der Waals surface area contributed by atoms with Gasteiger partial charge in [-0.3, -0.25) is 86.9 Å². The van der Waals surface area contributed by atoms with Crippen molar-refractivity contribution in [2.24, 2.45) is 42.0 Å². The van der Waals surface area contributed by atoms with E-state index in [9.17, 15) is 53.1 Å². The number of aryl methyl sites for hydroxylation is 1. The molecule has 22 N–H and O–H groups in total. The molecule has 0 radical (unpaired) electrons. The molecule has 16 amide bonds. The number of benzene rings is 3. The molecule has 41 nitrogen and oxygen atoms in total. The molecule has 4 heterocycles. The van der Waals surface area contributed by atoms with Crippen LogP contribution in [0.15, 0.2) is 97.7 Å². The van der Waals surface area contributed by atoms with Gasteiger partial charge in [0.25, 0.3) is 0 Å². The average molecular weight is 1840 g/mol. The number of nitrogens with one attached hydrogen (secondary N) is 15. The molecule has 1 aliphatic rings. The molecular weight excluding hydrogens is 1720 g/mol. The fraction of sp³-hybridized carbons (Fsp3) is 0.506. The molecule has 0 aliphatic carbocycles. The van der Waals surface area contributed by atoms with Crippen molar-refractivity contribution in [3.05, 3.63) is 120 Å². The number of aromatic amines is 2. The first-order valence-corrected chi connectivity index (χ1v) is 45.3. The number of imidazole rings is 1. The minimum atomic E-state index is -2.08. The van der Waals surface area contributed by atoms with Gasteiger partial charge < -0.3 is 115 Å². The monoisotopic (exact) mass is 1840 g/mol. The molecular formula is C87H122N22O19S2. The topological polar surface area (TPSA) is 622 Å². The number of aliphatic carboxylic acids is 1. The molecule has 0 spiro atoms. The van der Waals surface area contributed by atoms with Crippen LogP contribution < -0.4 is 85.7 Å². The van der Waals surface area contributed by atoms with Gasteiger partial charge in [0.1, 0.15) is 84.3 Å². The number of likely N-dealkylation sites (N-methyl/N-ethyl adjacent to an activating group) is 2. The van der Waals surface area contributed by atoms with Crippen molar-refractivity contribution in [3.63, 3.8) is 0 Å². The fourth-order valence-electron chi connectivity index (χ4n) is 14.8. The van der Waals surface area contributed by atoms with E-state index in [1.54, 1.807) is 138 Å². The van der Waals surface area contributed by atoms with Crippen molar-refractivity contribution in [3.8, 4) is 5.75 Å². The number of methoxy groups -OCH3 is 1. The minimum absolute atomic E-state index is 0.0587. The van der Waals surface area contributed by atoms with Crippen molar-refractivity contribution in [1.82, 2.24) is 93.1 Å². The summed E-state index contributed by atoms with van der Waals surface area (Å²) in [5, 5.41) is 51.2. The number of carboxylic acids is 1. The van der Waals surface area contributed by atoms with E-state index in [0.29, 0.717) is 56.4 Å². The first-order chi connectivity index (χ1) is 61.6. The van der Waals surface area contributed by atoms with Crippen LogP contribution in [0.1, 0.15) is 136 Å². The number of carboxylic acid groups (broad SMARTS) is 1. The van der Waals surface area contributed by atoms with Gasteiger partial charge in [0.15, 0.2) is 0 Å². The smallest absolute Gasteiger partial charge is 0.305 e. The molecule has 0 unspecified atom stereocenters. The molecule has 43 heteroatoms. The van der Waals surface area contributed by atoms with E-state index in [1.165, 1.54) is 47.6 Å².